The highest BCUT2D eigenvalue weighted by Gasteiger charge is 2.41. The number of fused-ring (bicyclic) bond motifs is 2. The van der Waals surface area contributed by atoms with E-state index in [4.69, 9.17) is 0 Å². The Hall–Kier alpha value is -1.83. The predicted molar refractivity (Wildman–Crippen MR) is 99.5 cm³/mol. The topological polar surface area (TPSA) is 12.9 Å². The summed E-state index contributed by atoms with van der Waals surface area (Å²) < 4.78 is 0. The van der Waals surface area contributed by atoms with Crippen molar-refractivity contribution in [2.45, 2.75) is 50.2 Å². The zero-order chi connectivity index (χ0) is 15.5. The van der Waals surface area contributed by atoms with Crippen molar-refractivity contribution in [3.63, 3.8) is 0 Å². The Kier molecular flexibility index (Phi) is 4.32. The van der Waals surface area contributed by atoms with Gasteiger partial charge in [-0.3, -0.25) is 4.98 Å². The molecule has 0 unspecified atom stereocenters. The fourth-order valence-electron chi connectivity index (χ4n) is 4.81. The largest absolute Gasteiger partial charge is 0.257 e. The van der Waals surface area contributed by atoms with Gasteiger partial charge in [0.25, 0.3) is 0 Å². The minimum atomic E-state index is 0.724. The molecule has 2 saturated heterocycles. The van der Waals surface area contributed by atoms with Gasteiger partial charge in [-0.05, 0) is 23.8 Å². The highest BCUT2D eigenvalue weighted by atomic mass is 14.6. The van der Waals surface area contributed by atoms with Crippen LogP contribution in [0.3, 0.4) is 0 Å². The summed E-state index contributed by atoms with van der Waals surface area (Å²) in [6.07, 6.45) is 12.8. The van der Waals surface area contributed by atoms with Crippen LogP contribution in [0.2, 0.25) is 11.6 Å². The molecule has 2 aliphatic rings. The van der Waals surface area contributed by atoms with E-state index in [-0.39, 0.29) is 0 Å². The number of pyridine rings is 1. The molecule has 0 aliphatic carbocycles. The highest BCUT2D eigenvalue weighted by molar-refractivity contribution is 6.83. The molecule has 0 spiro atoms. The molecule has 2 aliphatic heterocycles. The molecular weight excluding hydrogens is 277 g/mol. The van der Waals surface area contributed by atoms with Gasteiger partial charge in [0.2, 0.25) is 0 Å². The van der Waals surface area contributed by atoms with E-state index >= 15 is 0 Å². The lowest BCUT2D eigenvalue weighted by Gasteiger charge is -2.42. The summed E-state index contributed by atoms with van der Waals surface area (Å²) in [5.74, 6) is 1.75. The number of hydrogen-bond acceptors (Lipinski definition) is 1. The molecule has 0 N–H and O–H groups in total. The fourth-order valence-corrected chi connectivity index (χ4v) is 4.81. The Labute approximate surface area is 139 Å². The van der Waals surface area contributed by atoms with Gasteiger partial charge >= 0.3 is 0 Å². The average molecular weight is 301 g/mol. The van der Waals surface area contributed by atoms with Crippen molar-refractivity contribution in [3.8, 4) is 0 Å². The number of rotatable bonds is 3. The summed E-state index contributed by atoms with van der Waals surface area (Å²) >= 11 is 0. The molecule has 0 saturated carbocycles. The lowest BCUT2D eigenvalue weighted by molar-refractivity contribution is 0.448. The van der Waals surface area contributed by atoms with E-state index in [1.807, 2.05) is 12.3 Å². The zero-order valence-electron chi connectivity index (χ0n) is 13.7. The van der Waals surface area contributed by atoms with Crippen molar-refractivity contribution in [1.82, 2.24) is 4.98 Å². The van der Waals surface area contributed by atoms with E-state index in [2.05, 4.69) is 53.5 Å². The first kappa shape index (κ1) is 14.7. The van der Waals surface area contributed by atoms with Crippen LogP contribution in [-0.2, 0) is 0 Å². The summed E-state index contributed by atoms with van der Waals surface area (Å²) in [6.45, 7) is 0.724. The van der Waals surface area contributed by atoms with Crippen LogP contribution in [0.15, 0.2) is 54.7 Å². The van der Waals surface area contributed by atoms with Crippen LogP contribution in [0.25, 0.3) is 11.5 Å². The number of nitrogens with zero attached hydrogens (tertiary/aromatic N) is 1. The van der Waals surface area contributed by atoms with Crippen LogP contribution < -0.4 is 0 Å². The summed E-state index contributed by atoms with van der Waals surface area (Å²) in [4.78, 5) is 4.56. The fraction of sp³-hybridized carbons (Fsp3) is 0.381. The molecule has 23 heavy (non-hydrogen) atoms. The first-order valence-corrected chi connectivity index (χ1v) is 9.10. The molecule has 2 fully saturated rings. The first-order valence-electron chi connectivity index (χ1n) is 9.10. The van der Waals surface area contributed by atoms with Crippen LogP contribution in [-0.4, -0.2) is 11.7 Å². The summed E-state index contributed by atoms with van der Waals surface area (Å²) in [5.41, 5.74) is 4.01. The maximum Gasteiger partial charge on any atom is 0.183 e. The van der Waals surface area contributed by atoms with E-state index in [0.29, 0.717) is 0 Å². The van der Waals surface area contributed by atoms with E-state index in [1.165, 1.54) is 49.6 Å². The van der Waals surface area contributed by atoms with Crippen LogP contribution in [0.4, 0.5) is 0 Å². The van der Waals surface area contributed by atoms with Crippen molar-refractivity contribution in [1.29, 1.82) is 0 Å². The Bertz CT molecular complexity index is 643. The van der Waals surface area contributed by atoms with Crippen molar-refractivity contribution < 1.29 is 0 Å². The summed E-state index contributed by atoms with van der Waals surface area (Å²) in [5, 5.41) is 0. The monoisotopic (exact) mass is 301 g/mol. The van der Waals surface area contributed by atoms with Crippen LogP contribution >= 0.6 is 0 Å². The summed E-state index contributed by atoms with van der Waals surface area (Å²) in [6, 6.07) is 17.2. The van der Waals surface area contributed by atoms with Gasteiger partial charge in [-0.25, -0.2) is 0 Å². The van der Waals surface area contributed by atoms with E-state index < -0.39 is 0 Å². The SMILES string of the molecule is C(=C(/B1C2CCCC1CCC2)c1ccccc1)/c1ccccn1. The van der Waals surface area contributed by atoms with Crippen LogP contribution in [0.1, 0.15) is 49.8 Å². The van der Waals surface area contributed by atoms with Crippen molar-refractivity contribution in [2.24, 2.45) is 0 Å². The number of benzene rings is 1. The molecule has 3 heterocycles. The first-order chi connectivity index (χ1) is 11.4. The molecule has 116 valence electrons. The third kappa shape index (κ3) is 3.13. The molecule has 0 radical (unpaired) electrons. The van der Waals surface area contributed by atoms with Crippen LogP contribution in [0.5, 0.6) is 0 Å². The minimum absolute atomic E-state index is 0.724. The predicted octanol–water partition coefficient (Wildman–Crippen LogP) is 5.76. The average Bonchev–Trinajstić information content (AvgIpc) is 2.61. The van der Waals surface area contributed by atoms with Gasteiger partial charge in [0.1, 0.15) is 0 Å². The highest BCUT2D eigenvalue weighted by Crippen LogP contribution is 2.50. The quantitative estimate of drug-likeness (QED) is 0.656. The zero-order valence-corrected chi connectivity index (χ0v) is 13.7. The van der Waals surface area contributed by atoms with E-state index in [1.54, 1.807) is 0 Å². The lowest BCUT2D eigenvalue weighted by atomic mass is 9.23. The van der Waals surface area contributed by atoms with Crippen molar-refractivity contribution in [2.75, 3.05) is 0 Å². The van der Waals surface area contributed by atoms with Gasteiger partial charge < -0.3 is 0 Å². The second-order valence-corrected chi connectivity index (χ2v) is 7.13. The standard InChI is InChI=1S/C21H24BN/c1-2-8-17(9-3-1)21(16-20-14-4-5-15-23-20)22-18-10-6-11-19(22)13-7-12-18/h1-5,8-9,14-16,18-19H,6-7,10-13H2/b21-16-. The van der Waals surface area contributed by atoms with Crippen molar-refractivity contribution in [3.05, 3.63) is 66.0 Å². The minimum Gasteiger partial charge on any atom is -0.257 e. The third-order valence-corrected chi connectivity index (χ3v) is 5.77. The molecule has 0 amide bonds. The van der Waals surface area contributed by atoms with Gasteiger partial charge in [0.15, 0.2) is 6.71 Å². The number of hydrogen-bond donors (Lipinski definition) is 0. The third-order valence-electron chi connectivity index (χ3n) is 5.77. The van der Waals surface area contributed by atoms with Crippen LogP contribution in [0, 0.1) is 0 Å². The Morgan fingerprint density at radius 3 is 2.13 bits per heavy atom. The normalized spacial score (nSPS) is 24.5. The number of aromatic nitrogens is 1. The molecule has 1 aromatic carbocycles. The van der Waals surface area contributed by atoms with E-state index in [9.17, 15) is 0 Å². The van der Waals surface area contributed by atoms with Crippen molar-refractivity contribution >= 4 is 18.3 Å². The molecule has 0 atom stereocenters. The second kappa shape index (κ2) is 6.74. The Morgan fingerprint density at radius 1 is 0.870 bits per heavy atom. The summed E-state index contributed by atoms with van der Waals surface area (Å²) in [7, 11) is 0. The van der Waals surface area contributed by atoms with Gasteiger partial charge in [0, 0.05) is 6.20 Å². The second-order valence-electron chi connectivity index (χ2n) is 7.13. The Morgan fingerprint density at radius 2 is 1.52 bits per heavy atom. The molecule has 1 nitrogen and oxygen atoms in total. The lowest BCUT2D eigenvalue weighted by Crippen LogP contribution is -2.35. The smallest absolute Gasteiger partial charge is 0.183 e. The molecular formula is C21H24BN. The van der Waals surface area contributed by atoms with Gasteiger partial charge in [-0.15, -0.1) is 0 Å². The molecule has 2 aromatic rings. The van der Waals surface area contributed by atoms with E-state index in [0.717, 1.165) is 24.0 Å². The van der Waals surface area contributed by atoms with Gasteiger partial charge in [-0.1, -0.05) is 92.0 Å². The Balaban J connectivity index is 1.78. The molecule has 1 aromatic heterocycles. The van der Waals surface area contributed by atoms with Gasteiger partial charge in [-0.2, -0.15) is 0 Å². The van der Waals surface area contributed by atoms with Gasteiger partial charge in [0.05, 0.1) is 5.69 Å². The molecule has 2 bridgehead atoms. The maximum absolute atomic E-state index is 4.56. The molecule has 2 heteroatoms. The molecule has 4 rings (SSSR count). The maximum atomic E-state index is 4.56.